The number of esters is 2. The Bertz CT molecular complexity index is 683. The molecule has 0 saturated carbocycles. The van der Waals surface area contributed by atoms with Crippen LogP contribution < -0.4 is 10.6 Å². The van der Waals surface area contributed by atoms with Gasteiger partial charge in [0.2, 0.25) is 0 Å². The largest absolute Gasteiger partial charge is 0.462 e. The van der Waals surface area contributed by atoms with Crippen molar-refractivity contribution >= 4 is 24.1 Å². The average molecular weight is 521 g/mol. The fourth-order valence-corrected chi connectivity index (χ4v) is 3.10. The van der Waals surface area contributed by atoms with E-state index in [4.69, 9.17) is 37.9 Å². The molecule has 2 heterocycles. The van der Waals surface area contributed by atoms with Crippen molar-refractivity contribution in [2.24, 2.45) is 0 Å². The standard InChI is InChI=1S/C22H36N2O12/c1-5-29-17(25)21(3)31-11-15(12-32-21)35-19(27)23-9-7-8-10-24-20(28)36-16-13-33-22(4,34-14-16)18(26)30-6-2/h15-16H,5-14H2,1-4H3,(H,23,27)(H,24,28). The van der Waals surface area contributed by atoms with Crippen LogP contribution in [0.4, 0.5) is 9.59 Å². The monoisotopic (exact) mass is 520 g/mol. The number of hydrogen-bond donors (Lipinski definition) is 2. The zero-order valence-electron chi connectivity index (χ0n) is 21.1. The first-order valence-corrected chi connectivity index (χ1v) is 11.9. The molecule has 14 nitrogen and oxygen atoms in total. The molecule has 0 atom stereocenters. The Kier molecular flexibility index (Phi) is 11.6. The van der Waals surface area contributed by atoms with Gasteiger partial charge in [-0.2, -0.15) is 0 Å². The fraction of sp³-hybridized carbons (Fsp3) is 0.818. The molecular weight excluding hydrogens is 484 g/mol. The maximum Gasteiger partial charge on any atom is 0.407 e. The third kappa shape index (κ3) is 9.08. The molecule has 36 heavy (non-hydrogen) atoms. The molecule has 2 saturated heterocycles. The van der Waals surface area contributed by atoms with Crippen LogP contribution in [-0.2, 0) is 47.5 Å². The zero-order chi connectivity index (χ0) is 26.6. The summed E-state index contributed by atoms with van der Waals surface area (Å²) in [4.78, 5) is 47.5. The van der Waals surface area contributed by atoms with Crippen molar-refractivity contribution < 1.29 is 57.1 Å². The summed E-state index contributed by atoms with van der Waals surface area (Å²) in [5.74, 6) is -4.30. The molecule has 0 aromatic carbocycles. The maximum atomic E-state index is 11.9. The molecule has 0 aromatic rings. The van der Waals surface area contributed by atoms with Crippen molar-refractivity contribution in [3.05, 3.63) is 0 Å². The molecule has 2 rings (SSSR count). The van der Waals surface area contributed by atoms with Gasteiger partial charge in [0.15, 0.2) is 12.2 Å². The van der Waals surface area contributed by atoms with E-state index < -0.39 is 47.9 Å². The van der Waals surface area contributed by atoms with Crippen LogP contribution in [0.25, 0.3) is 0 Å². The van der Waals surface area contributed by atoms with Crippen LogP contribution in [0.3, 0.4) is 0 Å². The van der Waals surface area contributed by atoms with E-state index >= 15 is 0 Å². The summed E-state index contributed by atoms with van der Waals surface area (Å²) in [5.41, 5.74) is 0. The number of amides is 2. The minimum atomic E-state index is -1.51. The summed E-state index contributed by atoms with van der Waals surface area (Å²) in [7, 11) is 0. The van der Waals surface area contributed by atoms with Gasteiger partial charge in [-0.3, -0.25) is 0 Å². The van der Waals surface area contributed by atoms with E-state index in [1.54, 1.807) is 13.8 Å². The van der Waals surface area contributed by atoms with E-state index in [0.29, 0.717) is 25.9 Å². The number of carbonyl (C=O) groups is 4. The molecule has 2 aliphatic rings. The first kappa shape index (κ1) is 29.5. The normalized spacial score (nSPS) is 27.9. The summed E-state index contributed by atoms with van der Waals surface area (Å²) in [6, 6.07) is 0. The second kappa shape index (κ2) is 14.2. The number of ether oxygens (including phenoxy) is 8. The zero-order valence-corrected chi connectivity index (χ0v) is 21.1. The van der Waals surface area contributed by atoms with Gasteiger partial charge < -0.3 is 48.5 Å². The molecule has 2 N–H and O–H groups in total. The van der Waals surface area contributed by atoms with Crippen LogP contribution in [0.5, 0.6) is 0 Å². The third-order valence-corrected chi connectivity index (χ3v) is 5.16. The molecule has 2 amide bonds. The average Bonchev–Trinajstić information content (AvgIpc) is 2.84. The highest BCUT2D eigenvalue weighted by atomic mass is 16.8. The molecule has 0 spiro atoms. The van der Waals surface area contributed by atoms with Gasteiger partial charge in [-0.05, 0) is 26.7 Å². The number of hydrogen-bond acceptors (Lipinski definition) is 12. The first-order valence-electron chi connectivity index (χ1n) is 11.9. The van der Waals surface area contributed by atoms with Gasteiger partial charge >= 0.3 is 24.1 Å². The Hall–Kier alpha value is -2.68. The van der Waals surface area contributed by atoms with E-state index in [-0.39, 0.29) is 39.6 Å². The molecule has 206 valence electrons. The van der Waals surface area contributed by atoms with Crippen molar-refractivity contribution in [1.82, 2.24) is 10.6 Å². The highest BCUT2D eigenvalue weighted by Crippen LogP contribution is 2.22. The molecule has 0 bridgehead atoms. The SMILES string of the molecule is CCOC(=O)C1(C)OCC(OC(=O)NCCCCNC(=O)OC2COC(C)(C(=O)OCC)OC2)CO1. The van der Waals surface area contributed by atoms with Gasteiger partial charge in [0.1, 0.15) is 0 Å². The maximum absolute atomic E-state index is 11.9. The van der Waals surface area contributed by atoms with Crippen LogP contribution >= 0.6 is 0 Å². The summed E-state index contributed by atoms with van der Waals surface area (Å²) in [6.07, 6.45) is -1.47. The van der Waals surface area contributed by atoms with Gasteiger partial charge in [-0.25, -0.2) is 19.2 Å². The number of carbonyl (C=O) groups excluding carboxylic acids is 4. The number of nitrogens with one attached hydrogen (secondary N) is 2. The van der Waals surface area contributed by atoms with E-state index in [0.717, 1.165) is 0 Å². The highest BCUT2D eigenvalue weighted by molar-refractivity contribution is 5.78. The molecule has 2 aliphatic heterocycles. The second-order valence-corrected chi connectivity index (χ2v) is 8.19. The van der Waals surface area contributed by atoms with Gasteiger partial charge in [0.05, 0.1) is 39.6 Å². The van der Waals surface area contributed by atoms with E-state index in [1.807, 2.05) is 0 Å². The molecule has 0 aromatic heterocycles. The smallest absolute Gasteiger partial charge is 0.407 e. The van der Waals surface area contributed by atoms with Crippen LogP contribution in [0.1, 0.15) is 40.5 Å². The Morgan fingerprint density at radius 3 is 1.33 bits per heavy atom. The molecule has 0 aliphatic carbocycles. The molecule has 2 fully saturated rings. The van der Waals surface area contributed by atoms with Gasteiger partial charge in [0, 0.05) is 26.9 Å². The Morgan fingerprint density at radius 1 is 0.694 bits per heavy atom. The summed E-state index contributed by atoms with van der Waals surface area (Å²) in [6.45, 7) is 7.26. The predicted octanol–water partition coefficient (Wildman–Crippen LogP) is 0.608. The topological polar surface area (TPSA) is 166 Å². The minimum Gasteiger partial charge on any atom is -0.462 e. The van der Waals surface area contributed by atoms with Crippen molar-refractivity contribution in [2.75, 3.05) is 52.7 Å². The molecule has 0 unspecified atom stereocenters. The second-order valence-electron chi connectivity index (χ2n) is 8.19. The predicted molar refractivity (Wildman–Crippen MR) is 120 cm³/mol. The lowest BCUT2D eigenvalue weighted by atomic mass is 10.2. The van der Waals surface area contributed by atoms with E-state index in [2.05, 4.69) is 10.6 Å². The van der Waals surface area contributed by atoms with Crippen LogP contribution in [0.2, 0.25) is 0 Å². The summed E-state index contributed by atoms with van der Waals surface area (Å²) >= 11 is 0. The summed E-state index contributed by atoms with van der Waals surface area (Å²) in [5, 5.41) is 5.19. The van der Waals surface area contributed by atoms with E-state index in [1.165, 1.54) is 13.8 Å². The lowest BCUT2D eigenvalue weighted by molar-refractivity contribution is -0.280. The third-order valence-electron chi connectivity index (χ3n) is 5.16. The minimum absolute atomic E-state index is 0.00605. The van der Waals surface area contributed by atoms with Crippen LogP contribution in [-0.4, -0.2) is 101 Å². The van der Waals surface area contributed by atoms with Crippen LogP contribution in [0.15, 0.2) is 0 Å². The Morgan fingerprint density at radius 2 is 1.03 bits per heavy atom. The lowest BCUT2D eigenvalue weighted by Crippen LogP contribution is -2.52. The fourth-order valence-electron chi connectivity index (χ4n) is 3.10. The van der Waals surface area contributed by atoms with Gasteiger partial charge in [-0.1, -0.05) is 0 Å². The van der Waals surface area contributed by atoms with Gasteiger partial charge in [0.25, 0.3) is 11.6 Å². The quantitative estimate of drug-likeness (QED) is 0.222. The first-order chi connectivity index (χ1) is 17.1. The number of unbranched alkanes of at least 4 members (excludes halogenated alkanes) is 1. The number of rotatable bonds is 11. The lowest BCUT2D eigenvalue weighted by Gasteiger charge is -2.34. The van der Waals surface area contributed by atoms with Gasteiger partial charge in [-0.15, -0.1) is 0 Å². The van der Waals surface area contributed by atoms with Crippen molar-refractivity contribution in [3.8, 4) is 0 Å². The Balaban J connectivity index is 1.51. The van der Waals surface area contributed by atoms with Crippen molar-refractivity contribution in [1.29, 1.82) is 0 Å². The van der Waals surface area contributed by atoms with Crippen molar-refractivity contribution in [2.45, 2.75) is 64.3 Å². The number of alkyl carbamates (subject to hydrolysis) is 2. The van der Waals surface area contributed by atoms with Crippen LogP contribution in [0, 0.1) is 0 Å². The molecule has 14 heteroatoms. The molecular formula is C22H36N2O12. The van der Waals surface area contributed by atoms with E-state index in [9.17, 15) is 19.2 Å². The Labute approximate surface area is 209 Å². The molecule has 0 radical (unpaired) electrons. The highest BCUT2D eigenvalue weighted by Gasteiger charge is 2.43. The van der Waals surface area contributed by atoms with Crippen molar-refractivity contribution in [3.63, 3.8) is 0 Å². The summed E-state index contributed by atoms with van der Waals surface area (Å²) < 4.78 is 41.7.